The molecule has 2 aromatic heterocycles. The molecule has 0 atom stereocenters. The highest BCUT2D eigenvalue weighted by Crippen LogP contribution is 2.28. The van der Waals surface area contributed by atoms with Gasteiger partial charge in [0.25, 0.3) is 11.6 Å². The van der Waals surface area contributed by atoms with Crippen LogP contribution in [0, 0.1) is 6.92 Å². The molecule has 3 heterocycles. The zero-order valence-corrected chi connectivity index (χ0v) is 12.3. The summed E-state index contributed by atoms with van der Waals surface area (Å²) in [6.07, 6.45) is -4.66. The Labute approximate surface area is 123 Å². The van der Waals surface area contributed by atoms with Gasteiger partial charge in [-0.05, 0) is 6.92 Å². The van der Waals surface area contributed by atoms with E-state index in [0.717, 1.165) is 4.52 Å². The van der Waals surface area contributed by atoms with Crippen LogP contribution < -0.4 is 4.90 Å². The van der Waals surface area contributed by atoms with E-state index in [9.17, 15) is 21.6 Å². The Kier molecular flexibility index (Phi) is 3.27. The third-order valence-corrected chi connectivity index (χ3v) is 4.95. The van der Waals surface area contributed by atoms with Crippen LogP contribution in [0.5, 0.6) is 0 Å². The molecule has 0 aromatic carbocycles. The van der Waals surface area contributed by atoms with Gasteiger partial charge in [0, 0.05) is 24.8 Å². The molecule has 11 heteroatoms. The van der Waals surface area contributed by atoms with Crippen LogP contribution in [-0.2, 0) is 16.0 Å². The summed E-state index contributed by atoms with van der Waals surface area (Å²) >= 11 is 0. The smallest absolute Gasteiger partial charge is 0.354 e. The molecule has 120 valence electrons. The van der Waals surface area contributed by atoms with E-state index in [0.29, 0.717) is 11.5 Å². The number of aromatic nitrogens is 4. The Balaban J connectivity index is 2.07. The quantitative estimate of drug-likeness (QED) is 0.763. The predicted molar refractivity (Wildman–Crippen MR) is 71.4 cm³/mol. The first-order valence-electron chi connectivity index (χ1n) is 6.43. The number of hydrogen-bond acceptors (Lipinski definition) is 6. The SMILES string of the molecule is Cc1cc(N2CCS(=O)(=O)CC2)n2nc(C(F)(F)F)nc2n1. The molecule has 1 fully saturated rings. The minimum absolute atomic E-state index is 0.0450. The third kappa shape index (κ3) is 2.72. The van der Waals surface area contributed by atoms with Crippen LogP contribution in [0.3, 0.4) is 0 Å². The second kappa shape index (κ2) is 4.80. The number of hydrogen-bond donors (Lipinski definition) is 0. The summed E-state index contributed by atoms with van der Waals surface area (Å²) in [6.45, 7) is 2.02. The molecular weight excluding hydrogens is 323 g/mol. The standard InChI is InChI=1S/C11H12F3N5O2S/c1-7-6-8(18-2-4-22(20,21)5-3-18)19-10(15-7)16-9(17-19)11(12,13)14/h6H,2-5H2,1H3. The summed E-state index contributed by atoms with van der Waals surface area (Å²) in [5.74, 6) is -1.15. The van der Waals surface area contributed by atoms with E-state index in [1.807, 2.05) is 0 Å². The molecule has 2 aromatic rings. The number of anilines is 1. The van der Waals surface area contributed by atoms with Crippen molar-refractivity contribution in [3.8, 4) is 0 Å². The topological polar surface area (TPSA) is 80.5 Å². The van der Waals surface area contributed by atoms with Gasteiger partial charge in [-0.15, -0.1) is 5.10 Å². The number of fused-ring (bicyclic) bond motifs is 1. The summed E-state index contributed by atoms with van der Waals surface area (Å²) in [5, 5.41) is 3.46. The van der Waals surface area contributed by atoms with Crippen LogP contribution in [0.25, 0.3) is 5.78 Å². The number of halogens is 3. The second-order valence-corrected chi connectivity index (χ2v) is 7.34. The summed E-state index contributed by atoms with van der Waals surface area (Å²) in [7, 11) is -3.09. The van der Waals surface area contributed by atoms with Crippen LogP contribution in [0.2, 0.25) is 0 Å². The third-order valence-electron chi connectivity index (χ3n) is 3.34. The Morgan fingerprint density at radius 1 is 1.18 bits per heavy atom. The van der Waals surface area contributed by atoms with Gasteiger partial charge < -0.3 is 4.90 Å². The van der Waals surface area contributed by atoms with E-state index >= 15 is 0 Å². The van der Waals surface area contributed by atoms with Crippen molar-refractivity contribution in [3.05, 3.63) is 17.6 Å². The van der Waals surface area contributed by atoms with Crippen LogP contribution in [0.15, 0.2) is 6.07 Å². The summed E-state index contributed by atoms with van der Waals surface area (Å²) in [6, 6.07) is 1.57. The summed E-state index contributed by atoms with van der Waals surface area (Å²) in [4.78, 5) is 9.02. The van der Waals surface area contributed by atoms with Gasteiger partial charge in [0.2, 0.25) is 0 Å². The number of aryl methyl sites for hydroxylation is 1. The first-order valence-corrected chi connectivity index (χ1v) is 8.25. The van der Waals surface area contributed by atoms with E-state index in [1.54, 1.807) is 17.9 Å². The lowest BCUT2D eigenvalue weighted by Gasteiger charge is -2.28. The van der Waals surface area contributed by atoms with Gasteiger partial charge in [0.05, 0.1) is 11.5 Å². The fourth-order valence-electron chi connectivity index (χ4n) is 2.25. The molecule has 0 amide bonds. The first kappa shape index (κ1) is 15.0. The van der Waals surface area contributed by atoms with E-state index in [4.69, 9.17) is 0 Å². The molecule has 1 aliphatic heterocycles. The van der Waals surface area contributed by atoms with Gasteiger partial charge in [-0.1, -0.05) is 0 Å². The maximum Gasteiger partial charge on any atom is 0.453 e. The van der Waals surface area contributed by atoms with Gasteiger partial charge in [-0.25, -0.2) is 13.4 Å². The van der Waals surface area contributed by atoms with Crippen molar-refractivity contribution in [2.75, 3.05) is 29.5 Å². The number of alkyl halides is 3. The monoisotopic (exact) mass is 335 g/mol. The van der Waals surface area contributed by atoms with Crippen LogP contribution in [0.4, 0.5) is 19.0 Å². The molecule has 0 bridgehead atoms. The average Bonchev–Trinajstić information content (AvgIpc) is 2.81. The van der Waals surface area contributed by atoms with Crippen molar-refractivity contribution >= 4 is 21.4 Å². The molecule has 0 unspecified atom stereocenters. The second-order valence-electron chi connectivity index (χ2n) is 5.04. The van der Waals surface area contributed by atoms with Crippen molar-refractivity contribution in [2.45, 2.75) is 13.1 Å². The lowest BCUT2D eigenvalue weighted by atomic mass is 10.4. The zero-order chi connectivity index (χ0) is 16.1. The van der Waals surface area contributed by atoms with Crippen LogP contribution in [-0.4, -0.2) is 52.6 Å². The Bertz CT molecular complexity index is 816. The minimum Gasteiger partial charge on any atom is -0.354 e. The van der Waals surface area contributed by atoms with Crippen molar-refractivity contribution in [1.82, 2.24) is 19.6 Å². The van der Waals surface area contributed by atoms with Gasteiger partial charge in [-0.3, -0.25) is 0 Å². The van der Waals surface area contributed by atoms with E-state index in [2.05, 4.69) is 15.1 Å². The van der Waals surface area contributed by atoms with E-state index in [-0.39, 0.29) is 30.4 Å². The Morgan fingerprint density at radius 3 is 2.41 bits per heavy atom. The van der Waals surface area contributed by atoms with Gasteiger partial charge in [-0.2, -0.15) is 22.7 Å². The molecule has 3 rings (SSSR count). The lowest BCUT2D eigenvalue weighted by Crippen LogP contribution is -2.41. The van der Waals surface area contributed by atoms with Crippen LogP contribution in [0.1, 0.15) is 11.5 Å². The van der Waals surface area contributed by atoms with Crippen molar-refractivity contribution in [2.24, 2.45) is 0 Å². The number of rotatable bonds is 1. The predicted octanol–water partition coefficient (Wildman–Crippen LogP) is 0.686. The molecule has 0 N–H and O–H groups in total. The average molecular weight is 335 g/mol. The van der Waals surface area contributed by atoms with Gasteiger partial charge in [0.15, 0.2) is 9.84 Å². The number of sulfone groups is 1. The molecule has 1 saturated heterocycles. The highest BCUT2D eigenvalue weighted by Gasteiger charge is 2.37. The van der Waals surface area contributed by atoms with Crippen LogP contribution >= 0.6 is 0 Å². The summed E-state index contributed by atoms with van der Waals surface area (Å²) in [5.41, 5.74) is 0.483. The molecular formula is C11H12F3N5O2S. The first-order chi connectivity index (χ1) is 10.2. The van der Waals surface area contributed by atoms with Crippen molar-refractivity contribution in [1.29, 1.82) is 0 Å². The van der Waals surface area contributed by atoms with Gasteiger partial charge in [0.1, 0.15) is 5.82 Å². The maximum absolute atomic E-state index is 12.7. The molecule has 0 radical (unpaired) electrons. The lowest BCUT2D eigenvalue weighted by molar-refractivity contribution is -0.144. The normalized spacial score (nSPS) is 18.8. The van der Waals surface area contributed by atoms with E-state index in [1.165, 1.54) is 0 Å². The molecule has 7 nitrogen and oxygen atoms in total. The highest BCUT2D eigenvalue weighted by molar-refractivity contribution is 7.91. The maximum atomic E-state index is 12.7. The fourth-order valence-corrected chi connectivity index (χ4v) is 3.46. The molecule has 0 spiro atoms. The minimum atomic E-state index is -4.66. The zero-order valence-electron chi connectivity index (χ0n) is 11.5. The van der Waals surface area contributed by atoms with Crippen molar-refractivity contribution < 1.29 is 21.6 Å². The van der Waals surface area contributed by atoms with Crippen molar-refractivity contribution in [3.63, 3.8) is 0 Å². The molecule has 22 heavy (non-hydrogen) atoms. The molecule has 1 aliphatic rings. The molecule has 0 saturated carbocycles. The molecule has 0 aliphatic carbocycles. The summed E-state index contributed by atoms with van der Waals surface area (Å²) < 4.78 is 62.2. The van der Waals surface area contributed by atoms with E-state index < -0.39 is 21.8 Å². The number of nitrogens with zero attached hydrogens (tertiary/aromatic N) is 5. The Morgan fingerprint density at radius 2 is 1.82 bits per heavy atom. The van der Waals surface area contributed by atoms with Gasteiger partial charge >= 0.3 is 6.18 Å². The Hall–Kier alpha value is -1.91. The fraction of sp³-hybridized carbons (Fsp3) is 0.545. The highest BCUT2D eigenvalue weighted by atomic mass is 32.2. The largest absolute Gasteiger partial charge is 0.453 e.